The highest BCUT2D eigenvalue weighted by atomic mass is 16.5. The summed E-state index contributed by atoms with van der Waals surface area (Å²) >= 11 is 0. The Hall–Kier alpha value is -2.66. The van der Waals surface area contributed by atoms with E-state index in [1.54, 1.807) is 12.2 Å². The van der Waals surface area contributed by atoms with Gasteiger partial charge in [-0.3, -0.25) is 9.89 Å². The number of aliphatic imine (C=N–C) groups is 2. The van der Waals surface area contributed by atoms with E-state index < -0.39 is 5.54 Å². The van der Waals surface area contributed by atoms with Crippen LogP contribution in [-0.4, -0.2) is 40.4 Å². The number of nitrogens with zero attached hydrogens (tertiary/aromatic N) is 3. The van der Waals surface area contributed by atoms with Crippen LogP contribution in [0.5, 0.6) is 0 Å². The predicted molar refractivity (Wildman–Crippen MR) is 108 cm³/mol. The van der Waals surface area contributed by atoms with Gasteiger partial charge in [-0.05, 0) is 31.2 Å². The van der Waals surface area contributed by atoms with Gasteiger partial charge in [-0.15, -0.1) is 0 Å². The second-order valence-corrected chi connectivity index (χ2v) is 7.17. The number of ether oxygens (including phenoxy) is 1. The van der Waals surface area contributed by atoms with Gasteiger partial charge in [0.15, 0.2) is 0 Å². The van der Waals surface area contributed by atoms with Crippen LogP contribution in [0, 0.1) is 0 Å². The van der Waals surface area contributed by atoms with E-state index in [0.717, 1.165) is 36.2 Å². The van der Waals surface area contributed by atoms with E-state index in [1.807, 2.05) is 36.4 Å². The highest BCUT2D eigenvalue weighted by Gasteiger charge is 2.51. The molecule has 1 aliphatic carbocycles. The maximum absolute atomic E-state index is 10.2. The molecule has 3 aliphatic rings. The number of dihydropyridines is 1. The fourth-order valence-corrected chi connectivity index (χ4v) is 3.86. The molecule has 2 aliphatic heterocycles. The van der Waals surface area contributed by atoms with Crippen LogP contribution >= 0.6 is 0 Å². The fraction of sp³-hybridized carbons (Fsp3) is 0.364. The molecule has 2 atom stereocenters. The third kappa shape index (κ3) is 3.12. The zero-order valence-corrected chi connectivity index (χ0v) is 15.8. The van der Waals surface area contributed by atoms with Crippen LogP contribution in [0.15, 0.2) is 76.1 Å². The molecule has 1 N–H and O–H groups in total. The summed E-state index contributed by atoms with van der Waals surface area (Å²) in [6.07, 6.45) is 10.8. The van der Waals surface area contributed by atoms with Crippen molar-refractivity contribution in [3.8, 4) is 0 Å². The van der Waals surface area contributed by atoms with E-state index in [-0.39, 0.29) is 11.9 Å². The Kier molecular flexibility index (Phi) is 4.70. The van der Waals surface area contributed by atoms with E-state index in [0.29, 0.717) is 12.5 Å². The molecule has 0 fully saturated rings. The second kappa shape index (κ2) is 7.16. The summed E-state index contributed by atoms with van der Waals surface area (Å²) in [5.41, 5.74) is 2.19. The van der Waals surface area contributed by atoms with Crippen molar-refractivity contribution < 1.29 is 9.84 Å². The van der Waals surface area contributed by atoms with Gasteiger partial charge in [-0.1, -0.05) is 50.1 Å². The van der Waals surface area contributed by atoms with Crippen molar-refractivity contribution in [1.29, 1.82) is 0 Å². The van der Waals surface area contributed by atoms with Gasteiger partial charge in [-0.2, -0.15) is 0 Å². The number of hydrogen-bond acceptors (Lipinski definition) is 5. The van der Waals surface area contributed by atoms with Gasteiger partial charge in [0.05, 0.1) is 11.4 Å². The molecule has 1 aromatic rings. The highest BCUT2D eigenvalue weighted by Crippen LogP contribution is 2.42. The van der Waals surface area contributed by atoms with Crippen LogP contribution in [0.25, 0.3) is 0 Å². The van der Waals surface area contributed by atoms with Crippen molar-refractivity contribution in [1.82, 2.24) is 4.90 Å². The van der Waals surface area contributed by atoms with Gasteiger partial charge in [0, 0.05) is 12.2 Å². The lowest BCUT2D eigenvalue weighted by Crippen LogP contribution is -2.52. The molecular formula is C22H25N3O2. The Balaban J connectivity index is 1.58. The minimum absolute atomic E-state index is 0.0946. The van der Waals surface area contributed by atoms with E-state index >= 15 is 0 Å². The number of aliphatic hydroxyl groups excluding tert-OH is 1. The largest absolute Gasteiger partial charge is 0.508 e. The predicted octanol–water partition coefficient (Wildman–Crippen LogP) is 4.15. The maximum Gasteiger partial charge on any atom is 0.213 e. The van der Waals surface area contributed by atoms with Crippen LogP contribution in [-0.2, 0) is 11.3 Å². The standard InChI is InChI=1S/C22H25N3O2/c1-3-4-10-20-23-18-13-17(26)14-19-22(18,25(20)2)12-11-21(24-19)27-15-16-8-6-5-7-9-16/h5-9,11-14,20,26H,3-4,10,15H2,1-2H3. The number of allylic oxidation sites excluding steroid dienone is 1. The first-order chi connectivity index (χ1) is 13.1. The summed E-state index contributed by atoms with van der Waals surface area (Å²) in [5, 5.41) is 10.2. The number of likely N-dealkylation sites (N-methyl/N-ethyl adjacent to an activating group) is 1. The molecule has 5 heteroatoms. The normalized spacial score (nSPS) is 26.5. The van der Waals surface area contributed by atoms with E-state index in [9.17, 15) is 5.11 Å². The number of rotatable bonds is 5. The van der Waals surface area contributed by atoms with Crippen molar-refractivity contribution >= 4 is 11.6 Å². The SMILES string of the molecule is CCCCC1N=C2C=C(O)C=C3N=C(OCc4ccccc4)C=CC32N1C. The number of hydrogen-bond donors (Lipinski definition) is 1. The molecule has 0 bridgehead atoms. The van der Waals surface area contributed by atoms with E-state index in [2.05, 4.69) is 24.9 Å². The monoisotopic (exact) mass is 363 g/mol. The van der Waals surface area contributed by atoms with Gasteiger partial charge in [0.1, 0.15) is 24.1 Å². The van der Waals surface area contributed by atoms with Crippen molar-refractivity contribution in [3.63, 3.8) is 0 Å². The lowest BCUT2D eigenvalue weighted by molar-refractivity contribution is 0.201. The highest BCUT2D eigenvalue weighted by molar-refractivity contribution is 6.11. The molecule has 2 heterocycles. The summed E-state index contributed by atoms with van der Waals surface area (Å²) in [5.74, 6) is 0.737. The summed E-state index contributed by atoms with van der Waals surface area (Å²) < 4.78 is 5.89. The Labute approximate surface area is 160 Å². The molecule has 0 aromatic heterocycles. The average molecular weight is 363 g/mol. The van der Waals surface area contributed by atoms with E-state index in [1.165, 1.54) is 0 Å². The van der Waals surface area contributed by atoms with Crippen molar-refractivity contribution in [2.45, 2.75) is 44.5 Å². The van der Waals surface area contributed by atoms with E-state index in [4.69, 9.17) is 14.7 Å². The van der Waals surface area contributed by atoms with Gasteiger partial charge >= 0.3 is 0 Å². The average Bonchev–Trinajstić information content (AvgIpc) is 2.95. The zero-order chi connectivity index (χ0) is 18.9. The summed E-state index contributed by atoms with van der Waals surface area (Å²) in [4.78, 5) is 11.8. The summed E-state index contributed by atoms with van der Waals surface area (Å²) in [6, 6.07) is 10.0. The minimum Gasteiger partial charge on any atom is -0.508 e. The lowest BCUT2D eigenvalue weighted by Gasteiger charge is -2.39. The van der Waals surface area contributed by atoms with Crippen molar-refractivity contribution in [2.24, 2.45) is 9.98 Å². The first-order valence-electron chi connectivity index (χ1n) is 9.52. The Morgan fingerprint density at radius 1 is 1.22 bits per heavy atom. The van der Waals surface area contributed by atoms with Crippen molar-refractivity contribution in [2.75, 3.05) is 7.05 Å². The molecule has 27 heavy (non-hydrogen) atoms. The summed E-state index contributed by atoms with van der Waals surface area (Å²) in [6.45, 7) is 2.65. The number of aliphatic hydroxyl groups is 1. The Bertz CT molecular complexity index is 867. The summed E-state index contributed by atoms with van der Waals surface area (Å²) in [7, 11) is 2.08. The van der Waals surface area contributed by atoms with Gasteiger partial charge < -0.3 is 9.84 Å². The topological polar surface area (TPSA) is 57.4 Å². The Morgan fingerprint density at radius 2 is 2.04 bits per heavy atom. The minimum atomic E-state index is -0.510. The molecule has 0 saturated heterocycles. The molecule has 1 spiro atoms. The van der Waals surface area contributed by atoms with Crippen molar-refractivity contribution in [3.05, 3.63) is 71.7 Å². The maximum atomic E-state index is 10.2. The first-order valence-corrected chi connectivity index (χ1v) is 9.52. The Morgan fingerprint density at radius 3 is 2.81 bits per heavy atom. The molecule has 140 valence electrons. The molecule has 0 saturated carbocycles. The van der Waals surface area contributed by atoms with Crippen LogP contribution < -0.4 is 0 Å². The molecule has 0 amide bonds. The molecular weight excluding hydrogens is 338 g/mol. The third-order valence-corrected chi connectivity index (χ3v) is 5.38. The first kappa shape index (κ1) is 17.7. The smallest absolute Gasteiger partial charge is 0.213 e. The second-order valence-electron chi connectivity index (χ2n) is 7.17. The van der Waals surface area contributed by atoms with Gasteiger partial charge in [0.2, 0.25) is 5.90 Å². The third-order valence-electron chi connectivity index (χ3n) is 5.38. The molecule has 2 unspecified atom stereocenters. The quantitative estimate of drug-likeness (QED) is 0.855. The number of benzene rings is 1. The van der Waals surface area contributed by atoms with Crippen LogP contribution in [0.3, 0.4) is 0 Å². The van der Waals surface area contributed by atoms with Crippen LogP contribution in [0.1, 0.15) is 31.7 Å². The number of unbranched alkanes of at least 4 members (excludes halogenated alkanes) is 1. The lowest BCUT2D eigenvalue weighted by atomic mass is 9.83. The van der Waals surface area contributed by atoms with Gasteiger partial charge in [-0.25, -0.2) is 4.99 Å². The molecule has 1 aromatic carbocycles. The molecule has 0 radical (unpaired) electrons. The molecule has 5 nitrogen and oxygen atoms in total. The van der Waals surface area contributed by atoms with Crippen LogP contribution in [0.2, 0.25) is 0 Å². The molecule has 4 rings (SSSR count). The fourth-order valence-electron chi connectivity index (χ4n) is 3.86. The van der Waals surface area contributed by atoms with Crippen LogP contribution in [0.4, 0.5) is 0 Å². The van der Waals surface area contributed by atoms with Gasteiger partial charge in [0.25, 0.3) is 0 Å². The zero-order valence-electron chi connectivity index (χ0n) is 15.8.